The third kappa shape index (κ3) is 1.56. The fourth-order valence-electron chi connectivity index (χ4n) is 3.27. The van der Waals surface area contributed by atoms with Crippen molar-refractivity contribution in [3.63, 3.8) is 0 Å². The van der Waals surface area contributed by atoms with Gasteiger partial charge in [0.25, 0.3) is 11.8 Å². The van der Waals surface area contributed by atoms with Crippen molar-refractivity contribution in [1.82, 2.24) is 9.80 Å². The van der Waals surface area contributed by atoms with Crippen molar-refractivity contribution in [3.8, 4) is 0 Å². The van der Waals surface area contributed by atoms with Gasteiger partial charge in [-0.3, -0.25) is 19.3 Å². The summed E-state index contributed by atoms with van der Waals surface area (Å²) in [7, 11) is 0. The van der Waals surface area contributed by atoms with Crippen LogP contribution in [0.3, 0.4) is 0 Å². The third-order valence-electron chi connectivity index (χ3n) is 4.21. The highest BCUT2D eigenvalue weighted by Crippen LogP contribution is 2.48. The maximum atomic E-state index is 12.5. The molecule has 2 atom stereocenters. The fourth-order valence-corrected chi connectivity index (χ4v) is 4.81. The summed E-state index contributed by atoms with van der Waals surface area (Å²) in [6.07, 6.45) is 0. The van der Waals surface area contributed by atoms with E-state index in [2.05, 4.69) is 13.8 Å². The molecule has 0 N–H and O–H groups in total. The molecule has 108 valence electrons. The topological polar surface area (TPSA) is 57.7 Å². The predicted molar refractivity (Wildman–Crippen MR) is 77.9 cm³/mol. The first-order chi connectivity index (χ1) is 9.91. The van der Waals surface area contributed by atoms with Crippen LogP contribution < -0.4 is 0 Å². The lowest BCUT2D eigenvalue weighted by Crippen LogP contribution is -2.68. The molecule has 1 aromatic rings. The molecule has 5 nitrogen and oxygen atoms in total. The van der Waals surface area contributed by atoms with Gasteiger partial charge in [0, 0.05) is 11.3 Å². The minimum Gasteiger partial charge on any atom is -0.325 e. The van der Waals surface area contributed by atoms with Gasteiger partial charge in [-0.25, -0.2) is 0 Å². The van der Waals surface area contributed by atoms with E-state index in [-0.39, 0.29) is 27.8 Å². The minimum atomic E-state index is -0.649. The quantitative estimate of drug-likeness (QED) is 0.580. The summed E-state index contributed by atoms with van der Waals surface area (Å²) in [6, 6.07) is 6.10. The van der Waals surface area contributed by atoms with Crippen LogP contribution in [0.4, 0.5) is 0 Å². The number of carbonyl (C=O) groups excluding carboxylic acids is 3. The van der Waals surface area contributed by atoms with Crippen molar-refractivity contribution in [2.24, 2.45) is 0 Å². The second-order valence-electron chi connectivity index (χ2n) is 6.20. The molecule has 1 aromatic carbocycles. The zero-order chi connectivity index (χ0) is 14.9. The van der Waals surface area contributed by atoms with Gasteiger partial charge in [-0.2, -0.15) is 0 Å². The maximum Gasteiger partial charge on any atom is 0.262 e. The fraction of sp³-hybridized carbons (Fsp3) is 0.400. The first-order valence-corrected chi connectivity index (χ1v) is 7.74. The van der Waals surface area contributed by atoms with E-state index in [0.29, 0.717) is 17.7 Å². The largest absolute Gasteiger partial charge is 0.325 e. The monoisotopic (exact) mass is 302 g/mol. The van der Waals surface area contributed by atoms with Crippen molar-refractivity contribution >= 4 is 29.5 Å². The summed E-state index contributed by atoms with van der Waals surface area (Å²) in [6.45, 7) is 4.81. The minimum absolute atomic E-state index is 0.0340. The molecule has 2 fully saturated rings. The standard InChI is InChI=1S/C15H14N2O3S/c1-15(2)7-16-13(20)10(14(16)21-15)17-11(18)8-5-3-4-6-9(8)12(17)19/h3-6,10,14H,7H2,1-2H3. The summed E-state index contributed by atoms with van der Waals surface area (Å²) in [4.78, 5) is 40.2. The summed E-state index contributed by atoms with van der Waals surface area (Å²) in [5.41, 5.74) is 0.798. The number of nitrogens with zero attached hydrogens (tertiary/aromatic N) is 2. The normalized spacial score (nSPS) is 29.5. The van der Waals surface area contributed by atoms with Crippen molar-refractivity contribution in [3.05, 3.63) is 35.4 Å². The smallest absolute Gasteiger partial charge is 0.262 e. The number of hydrogen-bond donors (Lipinski definition) is 0. The van der Waals surface area contributed by atoms with Crippen molar-refractivity contribution < 1.29 is 14.4 Å². The number of hydrogen-bond acceptors (Lipinski definition) is 4. The Morgan fingerprint density at radius 1 is 1.10 bits per heavy atom. The molecule has 0 spiro atoms. The molecule has 3 aliphatic rings. The van der Waals surface area contributed by atoms with Gasteiger partial charge >= 0.3 is 0 Å². The van der Waals surface area contributed by atoms with Crippen LogP contribution in [-0.4, -0.2) is 50.2 Å². The van der Waals surface area contributed by atoms with Gasteiger partial charge in [-0.05, 0) is 26.0 Å². The molecule has 3 heterocycles. The molecule has 0 bridgehead atoms. The zero-order valence-corrected chi connectivity index (χ0v) is 12.5. The molecule has 3 amide bonds. The van der Waals surface area contributed by atoms with E-state index in [1.165, 1.54) is 0 Å². The van der Waals surface area contributed by atoms with E-state index in [0.717, 1.165) is 4.90 Å². The number of amides is 3. The lowest BCUT2D eigenvalue weighted by molar-refractivity contribution is -0.148. The highest BCUT2D eigenvalue weighted by Gasteiger charge is 2.61. The molecule has 0 saturated carbocycles. The SMILES string of the molecule is CC1(C)CN2C(=O)C(N3C(=O)c4ccccc4C3=O)C2S1. The lowest BCUT2D eigenvalue weighted by atomic mass is 10.0. The molecule has 0 aromatic heterocycles. The zero-order valence-electron chi connectivity index (χ0n) is 11.7. The number of rotatable bonds is 1. The van der Waals surface area contributed by atoms with Crippen molar-refractivity contribution in [1.29, 1.82) is 0 Å². The average Bonchev–Trinajstić information content (AvgIpc) is 2.87. The molecule has 0 aliphatic carbocycles. The Morgan fingerprint density at radius 3 is 2.24 bits per heavy atom. The Kier molecular flexibility index (Phi) is 2.38. The number of imide groups is 1. The number of carbonyl (C=O) groups is 3. The summed E-state index contributed by atoms with van der Waals surface area (Å²) in [5, 5.41) is -0.102. The second-order valence-corrected chi connectivity index (χ2v) is 8.03. The Balaban J connectivity index is 1.69. The molecule has 6 heteroatoms. The van der Waals surface area contributed by atoms with E-state index < -0.39 is 6.04 Å². The molecule has 3 aliphatic heterocycles. The van der Waals surface area contributed by atoms with Gasteiger partial charge in [0.1, 0.15) is 11.4 Å². The van der Waals surface area contributed by atoms with Gasteiger partial charge in [-0.15, -0.1) is 11.8 Å². The first kappa shape index (κ1) is 12.9. The van der Waals surface area contributed by atoms with Gasteiger partial charge < -0.3 is 4.90 Å². The molecule has 4 rings (SSSR count). The van der Waals surface area contributed by atoms with Gasteiger partial charge in [-0.1, -0.05) is 12.1 Å². The van der Waals surface area contributed by atoms with E-state index in [1.807, 2.05) is 0 Å². The molecule has 2 saturated heterocycles. The molecule has 2 unspecified atom stereocenters. The van der Waals surface area contributed by atoms with Gasteiger partial charge in [0.2, 0.25) is 5.91 Å². The highest BCUT2D eigenvalue weighted by molar-refractivity contribution is 8.01. The first-order valence-electron chi connectivity index (χ1n) is 6.86. The predicted octanol–water partition coefficient (Wildman–Crippen LogP) is 1.34. The van der Waals surface area contributed by atoms with Crippen LogP contribution in [0.2, 0.25) is 0 Å². The summed E-state index contributed by atoms with van der Waals surface area (Å²) < 4.78 is -0.0340. The van der Waals surface area contributed by atoms with E-state index >= 15 is 0 Å². The highest BCUT2D eigenvalue weighted by atomic mass is 32.2. The summed E-state index contributed by atoms with van der Waals surface area (Å²) >= 11 is 1.66. The van der Waals surface area contributed by atoms with Gasteiger partial charge in [0.05, 0.1) is 11.1 Å². The van der Waals surface area contributed by atoms with E-state index in [9.17, 15) is 14.4 Å². The van der Waals surface area contributed by atoms with Crippen LogP contribution in [0.25, 0.3) is 0 Å². The molecule has 0 radical (unpaired) electrons. The van der Waals surface area contributed by atoms with Crippen LogP contribution in [0, 0.1) is 0 Å². The Labute approximate surface area is 126 Å². The molecular weight excluding hydrogens is 288 g/mol. The summed E-state index contributed by atoms with van der Waals surface area (Å²) in [5.74, 6) is -0.814. The second kappa shape index (κ2) is 3.88. The third-order valence-corrected chi connectivity index (χ3v) is 5.73. The van der Waals surface area contributed by atoms with Gasteiger partial charge in [0.15, 0.2) is 0 Å². The number of thioether (sulfide) groups is 1. The lowest BCUT2D eigenvalue weighted by Gasteiger charge is -2.44. The Hall–Kier alpha value is -1.82. The average molecular weight is 302 g/mol. The maximum absolute atomic E-state index is 12.5. The van der Waals surface area contributed by atoms with Crippen LogP contribution in [-0.2, 0) is 4.79 Å². The van der Waals surface area contributed by atoms with Crippen LogP contribution in [0.15, 0.2) is 24.3 Å². The molecular formula is C15H14N2O3S. The van der Waals surface area contributed by atoms with E-state index in [1.54, 1.807) is 40.9 Å². The number of benzene rings is 1. The Morgan fingerprint density at radius 2 is 1.67 bits per heavy atom. The van der Waals surface area contributed by atoms with Crippen LogP contribution in [0.5, 0.6) is 0 Å². The number of β-lactam (4-membered cyclic amide) rings is 1. The van der Waals surface area contributed by atoms with Crippen molar-refractivity contribution in [2.75, 3.05) is 6.54 Å². The van der Waals surface area contributed by atoms with Crippen LogP contribution >= 0.6 is 11.8 Å². The van der Waals surface area contributed by atoms with Crippen molar-refractivity contribution in [2.45, 2.75) is 30.0 Å². The molecule has 21 heavy (non-hydrogen) atoms. The van der Waals surface area contributed by atoms with E-state index in [4.69, 9.17) is 0 Å². The van der Waals surface area contributed by atoms with Crippen LogP contribution in [0.1, 0.15) is 34.6 Å². The number of fused-ring (bicyclic) bond motifs is 2. The Bertz CT molecular complexity index is 665.